The normalized spacial score (nSPS) is 13.4. The molecule has 0 saturated carbocycles. The van der Waals surface area contributed by atoms with Crippen LogP contribution >= 0.6 is 0 Å². The molecule has 0 N–H and O–H groups in total. The zero-order chi connectivity index (χ0) is 67.4. The summed E-state index contributed by atoms with van der Waals surface area (Å²) in [6, 6.07) is 128. The molecule has 0 aliphatic heterocycles. The van der Waals surface area contributed by atoms with Gasteiger partial charge in [-0.05, 0) is 185 Å². The zero-order valence-electron chi connectivity index (χ0n) is 56.1. The molecule has 5 nitrogen and oxygen atoms in total. The molecule has 102 heavy (non-hydrogen) atoms. The first-order valence-electron chi connectivity index (χ1n) is 35.3. The van der Waals surface area contributed by atoms with E-state index in [2.05, 4.69) is 332 Å². The maximum atomic E-state index is 5.28. The van der Waals surface area contributed by atoms with E-state index >= 15 is 0 Å². The van der Waals surface area contributed by atoms with Crippen molar-refractivity contribution in [2.24, 2.45) is 0 Å². The topological polar surface area (TPSA) is 48.5 Å². The quantitative estimate of drug-likeness (QED) is 0.145. The van der Waals surface area contributed by atoms with Gasteiger partial charge in [0.1, 0.15) is 0 Å². The predicted molar refractivity (Wildman–Crippen MR) is 420 cm³/mol. The number of hydrogen-bond donors (Lipinski definition) is 0. The highest BCUT2D eigenvalue weighted by molar-refractivity contribution is 6.17. The number of hydrogen-bond acceptors (Lipinski definition) is 3. The largest absolute Gasteiger partial charge is 0.309 e. The van der Waals surface area contributed by atoms with E-state index in [1.807, 2.05) is 36.4 Å². The van der Waals surface area contributed by atoms with Crippen molar-refractivity contribution in [1.82, 2.24) is 24.1 Å². The van der Waals surface area contributed by atoms with Crippen molar-refractivity contribution < 1.29 is 0 Å². The fraction of sp³-hybridized carbons (Fsp3) is 0.0412. The van der Waals surface area contributed by atoms with Gasteiger partial charge in [0.2, 0.25) is 0 Å². The van der Waals surface area contributed by atoms with Crippen molar-refractivity contribution in [2.45, 2.75) is 24.7 Å². The Morgan fingerprint density at radius 3 is 1.17 bits per heavy atom. The van der Waals surface area contributed by atoms with E-state index in [-0.39, 0.29) is 5.41 Å². The molecule has 18 aromatic rings. The van der Waals surface area contributed by atoms with Crippen molar-refractivity contribution in [3.05, 3.63) is 379 Å². The monoisotopic (exact) mass is 1300 g/mol. The molecule has 3 heterocycles. The van der Waals surface area contributed by atoms with Crippen LogP contribution in [0.5, 0.6) is 0 Å². The van der Waals surface area contributed by atoms with Crippen LogP contribution in [0.3, 0.4) is 0 Å². The van der Waals surface area contributed by atoms with Gasteiger partial charge in [-0.2, -0.15) is 0 Å². The first-order valence-corrected chi connectivity index (χ1v) is 35.3. The molecule has 0 radical (unpaired) electrons. The average molecular weight is 1300 g/mol. The van der Waals surface area contributed by atoms with Crippen LogP contribution in [0.25, 0.3) is 167 Å². The SMILES string of the molecule is CC1(C)c2ccccc2-c2cc3c4cc(-c5ccc6c(c5)c5ccc7c(c5n6-c5cccc(-c6nc(-c8ccccc8)nc(-c8ccccc8)n6)c5)C5(c6ccccc6-c6ccccc65)c5ccccc5-7)ccc4n(-c4cccc(-c5cc(-c6ccccc6)cc(-c6ccccc6)c5)c4)c3cc21. The molecule has 0 bridgehead atoms. The van der Waals surface area contributed by atoms with E-state index in [9.17, 15) is 0 Å². The van der Waals surface area contributed by atoms with Crippen LogP contribution in [-0.4, -0.2) is 24.1 Å². The minimum absolute atomic E-state index is 0.201. The summed E-state index contributed by atoms with van der Waals surface area (Å²) in [5, 5.41) is 4.78. The second-order valence-corrected chi connectivity index (χ2v) is 28.2. The summed E-state index contributed by atoms with van der Waals surface area (Å²) < 4.78 is 5.08. The first kappa shape index (κ1) is 57.9. The Morgan fingerprint density at radius 1 is 0.225 bits per heavy atom. The van der Waals surface area contributed by atoms with E-state index in [1.54, 1.807) is 0 Å². The van der Waals surface area contributed by atoms with E-state index in [0.29, 0.717) is 17.5 Å². The summed E-state index contributed by atoms with van der Waals surface area (Å²) >= 11 is 0. The first-order chi connectivity index (χ1) is 50.3. The predicted octanol–water partition coefficient (Wildman–Crippen LogP) is 24.4. The minimum Gasteiger partial charge on any atom is -0.309 e. The van der Waals surface area contributed by atoms with Gasteiger partial charge < -0.3 is 9.13 Å². The van der Waals surface area contributed by atoms with Crippen LogP contribution in [0.15, 0.2) is 346 Å². The summed E-state index contributed by atoms with van der Waals surface area (Å²) in [7, 11) is 0. The Hall–Kier alpha value is -13.1. The van der Waals surface area contributed by atoms with Crippen molar-refractivity contribution in [3.8, 4) is 123 Å². The second kappa shape index (κ2) is 22.2. The van der Waals surface area contributed by atoms with Crippen LogP contribution in [0.2, 0.25) is 0 Å². The molecule has 5 heteroatoms. The lowest BCUT2D eigenvalue weighted by molar-refractivity contribution is 0.661. The molecule has 0 amide bonds. The van der Waals surface area contributed by atoms with Crippen LogP contribution in [0.4, 0.5) is 0 Å². The van der Waals surface area contributed by atoms with Crippen molar-refractivity contribution >= 4 is 43.6 Å². The summed E-state index contributed by atoms with van der Waals surface area (Å²) in [4.78, 5) is 15.7. The van der Waals surface area contributed by atoms with E-state index in [4.69, 9.17) is 15.0 Å². The number of nitrogens with zero attached hydrogens (tertiary/aromatic N) is 5. The van der Waals surface area contributed by atoms with E-state index < -0.39 is 5.41 Å². The molecule has 0 fully saturated rings. The van der Waals surface area contributed by atoms with Crippen LogP contribution < -0.4 is 0 Å². The Morgan fingerprint density at radius 2 is 0.618 bits per heavy atom. The van der Waals surface area contributed by atoms with Gasteiger partial charge in [-0.1, -0.05) is 281 Å². The van der Waals surface area contributed by atoms with Gasteiger partial charge in [0, 0.05) is 60.6 Å². The Balaban J connectivity index is 0.790. The zero-order valence-corrected chi connectivity index (χ0v) is 56.1. The minimum atomic E-state index is -0.624. The lowest BCUT2D eigenvalue weighted by Gasteiger charge is -2.31. The van der Waals surface area contributed by atoms with Crippen LogP contribution in [-0.2, 0) is 10.8 Å². The standard InChI is InChI=1S/C97H63N5/c1-96(2)83-41-19-15-40-76(83)79-58-82-81-57-66(45-49-88(81)101(90(82)59-87(79)96)71-35-23-33-64(54-71)70-52-68(60-25-7-3-8-26-60)51-69(53-70)61-27-9-4-10-28-61)65-46-50-89-80(56-65)78-48-47-77-75-39-18-22-44-86(75)97(84-42-20-16-37-73(84)74-38-17-21-43-85(74)97)91(77)92(78)102(89)72-36-24-34-67(55-72)95-99-93(62-29-11-5-12-30-62)98-94(100-95)63-31-13-6-14-32-63/h3-59H,1-2H3. The summed E-state index contributed by atoms with van der Waals surface area (Å²) in [6.07, 6.45) is 0. The van der Waals surface area contributed by atoms with E-state index in [1.165, 1.54) is 127 Å². The maximum absolute atomic E-state index is 5.28. The number of benzene rings is 15. The Kier molecular flexibility index (Phi) is 12.6. The molecular formula is C97H63N5. The lowest BCUT2D eigenvalue weighted by atomic mass is 9.70. The smallest absolute Gasteiger partial charge is 0.164 e. The highest BCUT2D eigenvalue weighted by Crippen LogP contribution is 2.65. The van der Waals surface area contributed by atoms with Gasteiger partial charge >= 0.3 is 0 Å². The van der Waals surface area contributed by atoms with Gasteiger partial charge in [-0.15, -0.1) is 0 Å². The summed E-state index contributed by atoms with van der Waals surface area (Å²) in [6.45, 7) is 4.78. The molecule has 3 aromatic heterocycles. The number of fused-ring (bicyclic) bond motifs is 20. The third-order valence-electron chi connectivity index (χ3n) is 22.3. The van der Waals surface area contributed by atoms with Crippen molar-refractivity contribution in [2.75, 3.05) is 0 Å². The molecular weight excluding hydrogens is 1240 g/mol. The third-order valence-corrected chi connectivity index (χ3v) is 22.3. The summed E-state index contributed by atoms with van der Waals surface area (Å²) in [5.74, 6) is 1.85. The third kappa shape index (κ3) is 8.55. The summed E-state index contributed by atoms with van der Waals surface area (Å²) in [5.41, 5.74) is 33.6. The molecule has 3 aliphatic rings. The molecule has 3 aliphatic carbocycles. The highest BCUT2D eigenvalue weighted by atomic mass is 15.0. The molecule has 476 valence electrons. The molecule has 0 saturated heterocycles. The second-order valence-electron chi connectivity index (χ2n) is 28.2. The average Bonchev–Trinajstić information content (AvgIpc) is 1.50. The molecule has 0 atom stereocenters. The highest BCUT2D eigenvalue weighted by Gasteiger charge is 2.53. The fourth-order valence-electron chi connectivity index (χ4n) is 17.7. The maximum Gasteiger partial charge on any atom is 0.164 e. The number of rotatable bonds is 9. The van der Waals surface area contributed by atoms with Gasteiger partial charge in [-0.25, -0.2) is 15.0 Å². The van der Waals surface area contributed by atoms with Crippen LogP contribution in [0.1, 0.15) is 47.2 Å². The molecule has 0 unspecified atom stereocenters. The number of aromatic nitrogens is 5. The van der Waals surface area contributed by atoms with Crippen molar-refractivity contribution in [1.29, 1.82) is 0 Å². The Labute approximate surface area is 591 Å². The molecule has 21 rings (SSSR count). The van der Waals surface area contributed by atoms with Crippen LogP contribution in [0, 0.1) is 0 Å². The lowest BCUT2D eigenvalue weighted by Crippen LogP contribution is -2.26. The van der Waals surface area contributed by atoms with E-state index in [0.717, 1.165) is 55.8 Å². The molecule has 1 spiro atoms. The van der Waals surface area contributed by atoms with Crippen molar-refractivity contribution in [3.63, 3.8) is 0 Å². The molecule has 15 aromatic carbocycles. The Bertz CT molecular complexity index is 6340. The van der Waals surface area contributed by atoms with Gasteiger partial charge in [0.15, 0.2) is 17.5 Å². The van der Waals surface area contributed by atoms with Gasteiger partial charge in [0.05, 0.1) is 27.5 Å². The fourth-order valence-corrected chi connectivity index (χ4v) is 17.7. The van der Waals surface area contributed by atoms with Gasteiger partial charge in [0.25, 0.3) is 0 Å². The van der Waals surface area contributed by atoms with Gasteiger partial charge in [-0.3, -0.25) is 0 Å².